The number of halogens is 4. The molecular formula is C19H16BrF3N2O3. The van der Waals surface area contributed by atoms with Crippen LogP contribution in [0.4, 0.5) is 18.9 Å². The van der Waals surface area contributed by atoms with Crippen LogP contribution in [-0.2, 0) is 20.5 Å². The van der Waals surface area contributed by atoms with Gasteiger partial charge in [-0.2, -0.15) is 18.4 Å². The quantitative estimate of drug-likeness (QED) is 0.512. The molecule has 1 aromatic carbocycles. The van der Waals surface area contributed by atoms with Gasteiger partial charge in [0, 0.05) is 5.33 Å². The number of hydrogen-bond acceptors (Lipinski definition) is 4. The van der Waals surface area contributed by atoms with E-state index < -0.39 is 52.2 Å². The van der Waals surface area contributed by atoms with E-state index in [4.69, 9.17) is 10.00 Å². The van der Waals surface area contributed by atoms with Crippen LogP contribution in [0.2, 0.25) is 0 Å². The van der Waals surface area contributed by atoms with E-state index in [0.717, 1.165) is 11.0 Å². The second-order valence-corrected chi connectivity index (χ2v) is 8.52. The third kappa shape index (κ3) is 2.47. The fourth-order valence-corrected chi connectivity index (χ4v) is 5.70. The van der Waals surface area contributed by atoms with Gasteiger partial charge in [-0.1, -0.05) is 15.9 Å². The topological polar surface area (TPSA) is 70.4 Å². The van der Waals surface area contributed by atoms with Crippen LogP contribution in [0.15, 0.2) is 18.2 Å². The Bertz CT molecular complexity index is 924. The molecule has 0 N–H and O–H groups in total. The van der Waals surface area contributed by atoms with Crippen molar-refractivity contribution in [3.05, 3.63) is 29.3 Å². The highest BCUT2D eigenvalue weighted by Gasteiger charge is 2.73. The highest BCUT2D eigenvalue weighted by atomic mass is 79.9. The van der Waals surface area contributed by atoms with Crippen molar-refractivity contribution in [2.75, 3.05) is 10.2 Å². The van der Waals surface area contributed by atoms with Gasteiger partial charge in [0.25, 0.3) is 0 Å². The molecule has 9 heteroatoms. The van der Waals surface area contributed by atoms with E-state index in [1.54, 1.807) is 6.92 Å². The van der Waals surface area contributed by atoms with Gasteiger partial charge >= 0.3 is 6.18 Å². The largest absolute Gasteiger partial charge is 0.417 e. The van der Waals surface area contributed by atoms with Crippen molar-refractivity contribution in [1.82, 2.24) is 0 Å². The van der Waals surface area contributed by atoms with Crippen LogP contribution in [0.5, 0.6) is 0 Å². The number of nitrogens with zero attached hydrogens (tertiary/aromatic N) is 2. The van der Waals surface area contributed by atoms with Crippen LogP contribution in [0.25, 0.3) is 0 Å². The molecule has 0 aliphatic carbocycles. The Hall–Kier alpha value is -1.92. The Balaban J connectivity index is 1.79. The van der Waals surface area contributed by atoms with E-state index in [9.17, 15) is 22.8 Å². The van der Waals surface area contributed by atoms with Crippen LogP contribution >= 0.6 is 15.9 Å². The molecule has 0 radical (unpaired) electrons. The number of rotatable bonds is 3. The first-order chi connectivity index (χ1) is 13.1. The highest BCUT2D eigenvalue weighted by Crippen LogP contribution is 2.62. The minimum absolute atomic E-state index is 0.160. The predicted molar refractivity (Wildman–Crippen MR) is 95.5 cm³/mol. The first-order valence-corrected chi connectivity index (χ1v) is 9.95. The maximum atomic E-state index is 13.3. The first kappa shape index (κ1) is 19.4. The zero-order valence-corrected chi connectivity index (χ0v) is 16.4. The molecule has 4 rings (SSSR count). The lowest BCUT2D eigenvalue weighted by Gasteiger charge is -2.30. The van der Waals surface area contributed by atoms with Gasteiger partial charge in [-0.05, 0) is 44.4 Å². The third-order valence-electron chi connectivity index (χ3n) is 6.22. The van der Waals surface area contributed by atoms with E-state index in [2.05, 4.69) is 15.9 Å². The lowest BCUT2D eigenvalue weighted by atomic mass is 9.67. The van der Waals surface area contributed by atoms with E-state index in [1.807, 2.05) is 0 Å². The van der Waals surface area contributed by atoms with Gasteiger partial charge in [0.2, 0.25) is 11.8 Å². The summed E-state index contributed by atoms with van der Waals surface area (Å²) >= 11 is 3.37. The summed E-state index contributed by atoms with van der Waals surface area (Å²) in [6.45, 7) is 1.79. The molecular weight excluding hydrogens is 441 g/mol. The number of benzene rings is 1. The van der Waals surface area contributed by atoms with Gasteiger partial charge in [-0.25, -0.2) is 4.90 Å². The summed E-state index contributed by atoms with van der Waals surface area (Å²) in [6.07, 6.45) is -2.98. The highest BCUT2D eigenvalue weighted by molar-refractivity contribution is 9.09. The number of carbonyl (C=O) groups is 2. The number of amides is 2. The maximum Gasteiger partial charge on any atom is 0.417 e. The molecule has 3 heterocycles. The van der Waals surface area contributed by atoms with Crippen LogP contribution in [0.1, 0.15) is 37.3 Å². The van der Waals surface area contributed by atoms with Crippen LogP contribution in [-0.4, -0.2) is 28.3 Å². The molecule has 5 nitrogen and oxygen atoms in total. The van der Waals surface area contributed by atoms with E-state index >= 15 is 0 Å². The normalized spacial score (nSPS) is 34.1. The third-order valence-corrected chi connectivity index (χ3v) is 6.61. The summed E-state index contributed by atoms with van der Waals surface area (Å²) in [5.41, 5.74) is -3.45. The summed E-state index contributed by atoms with van der Waals surface area (Å²) in [4.78, 5) is 27.2. The molecule has 1 aromatic rings. The van der Waals surface area contributed by atoms with E-state index in [1.165, 1.54) is 12.1 Å². The van der Waals surface area contributed by atoms with E-state index in [0.29, 0.717) is 30.7 Å². The molecule has 3 aliphatic rings. The van der Waals surface area contributed by atoms with Gasteiger partial charge in [0.1, 0.15) is 0 Å². The Labute approximate surface area is 167 Å². The second-order valence-electron chi connectivity index (χ2n) is 7.73. The van der Waals surface area contributed by atoms with Gasteiger partial charge in [-0.3, -0.25) is 9.59 Å². The Morgan fingerprint density at radius 1 is 1.29 bits per heavy atom. The Morgan fingerprint density at radius 2 is 1.96 bits per heavy atom. The fourth-order valence-electron chi connectivity index (χ4n) is 5.03. The SMILES string of the molecule is CC12CCC(CCBr)(O1)C1C(=O)N(c3ccc(C#N)c(C(F)(F)F)c3)C(=O)C12. The first-order valence-electron chi connectivity index (χ1n) is 8.83. The smallest absolute Gasteiger partial charge is 0.367 e. The second kappa shape index (κ2) is 6.04. The molecule has 3 fully saturated rings. The molecule has 3 saturated heterocycles. The summed E-state index contributed by atoms with van der Waals surface area (Å²) in [5, 5.41) is 9.55. The molecule has 4 unspecified atom stereocenters. The number of ether oxygens (including phenoxy) is 1. The van der Waals surface area contributed by atoms with Crippen molar-refractivity contribution in [3.8, 4) is 6.07 Å². The molecule has 28 heavy (non-hydrogen) atoms. The zero-order valence-electron chi connectivity index (χ0n) is 14.8. The van der Waals surface area contributed by atoms with Crippen LogP contribution in [0.3, 0.4) is 0 Å². The average molecular weight is 457 g/mol. The minimum atomic E-state index is -4.77. The van der Waals surface area contributed by atoms with Crippen molar-refractivity contribution >= 4 is 33.4 Å². The number of imide groups is 1. The number of carbonyl (C=O) groups excluding carboxylic acids is 2. The van der Waals surface area contributed by atoms with Gasteiger partial charge < -0.3 is 4.74 Å². The fraction of sp³-hybridized carbons (Fsp3) is 0.526. The molecule has 0 saturated carbocycles. The van der Waals surface area contributed by atoms with E-state index in [-0.39, 0.29) is 5.69 Å². The number of nitriles is 1. The molecule has 0 spiro atoms. The Morgan fingerprint density at radius 3 is 2.57 bits per heavy atom. The minimum Gasteiger partial charge on any atom is -0.367 e. The van der Waals surface area contributed by atoms with Gasteiger partial charge in [-0.15, -0.1) is 0 Å². The van der Waals surface area contributed by atoms with Crippen molar-refractivity contribution in [3.63, 3.8) is 0 Å². The van der Waals surface area contributed by atoms with Crippen molar-refractivity contribution < 1.29 is 27.5 Å². The van der Waals surface area contributed by atoms with Gasteiger partial charge in [0.15, 0.2) is 0 Å². The van der Waals surface area contributed by atoms with Crippen LogP contribution in [0, 0.1) is 23.2 Å². The lowest BCUT2D eigenvalue weighted by Crippen LogP contribution is -2.42. The summed E-state index contributed by atoms with van der Waals surface area (Å²) in [6, 6.07) is 4.42. The summed E-state index contributed by atoms with van der Waals surface area (Å²) < 4.78 is 46.1. The standard InChI is InChI=1S/C19H16BrF3N2O3/c1-17-4-5-18(28-17,6-7-20)14-13(17)15(26)25(16(14)27)11-3-2-10(9-24)12(8-11)19(21,22)23/h2-3,8,13-14H,4-7H2,1H3. The van der Waals surface area contributed by atoms with Gasteiger partial charge in [0.05, 0.1) is 45.9 Å². The van der Waals surface area contributed by atoms with Crippen LogP contribution < -0.4 is 4.90 Å². The predicted octanol–water partition coefficient (Wildman–Crippen LogP) is 3.79. The Kier molecular flexibility index (Phi) is 4.18. The molecule has 0 aromatic heterocycles. The average Bonchev–Trinajstić information content (AvgIpc) is 3.19. The van der Waals surface area contributed by atoms with Crippen molar-refractivity contribution in [1.29, 1.82) is 5.26 Å². The number of hydrogen-bond donors (Lipinski definition) is 0. The summed E-state index contributed by atoms with van der Waals surface area (Å²) in [7, 11) is 0. The number of anilines is 1. The number of alkyl halides is 4. The van der Waals surface area contributed by atoms with Crippen molar-refractivity contribution in [2.24, 2.45) is 11.8 Å². The lowest BCUT2D eigenvalue weighted by molar-refractivity contribution is -0.138. The number of fused-ring (bicyclic) bond motifs is 5. The molecule has 4 atom stereocenters. The molecule has 2 amide bonds. The molecule has 3 aliphatic heterocycles. The van der Waals surface area contributed by atoms with Crippen molar-refractivity contribution in [2.45, 2.75) is 43.6 Å². The summed E-state index contributed by atoms with van der Waals surface area (Å²) in [5.74, 6) is -2.48. The molecule has 2 bridgehead atoms. The maximum absolute atomic E-state index is 13.3. The monoisotopic (exact) mass is 456 g/mol. The molecule has 148 valence electrons. The zero-order chi connectivity index (χ0) is 20.5.